The molecule has 0 aliphatic carbocycles. The van der Waals surface area contributed by atoms with Gasteiger partial charge in [-0.15, -0.1) is 0 Å². The zero-order valence-electron chi connectivity index (χ0n) is 8.48. The molecule has 2 rings (SSSR count). The standard InChI is InChI=1S/C10H17N3O/c1-13-6-5-12-10(13)9(14)8-3-2-4-11-7-8/h5-6,8-9,11,14H,2-4,7H2,1H3/t8-,9-/m1/s1. The molecule has 14 heavy (non-hydrogen) atoms. The molecule has 0 radical (unpaired) electrons. The number of aliphatic hydroxyl groups excluding tert-OH is 1. The molecule has 2 heterocycles. The van der Waals surface area contributed by atoms with Crippen LogP contribution in [0.25, 0.3) is 0 Å². The minimum atomic E-state index is -0.428. The molecule has 2 N–H and O–H groups in total. The Kier molecular flexibility index (Phi) is 2.84. The molecule has 0 aromatic carbocycles. The number of imidazole rings is 1. The van der Waals surface area contributed by atoms with Crippen molar-refractivity contribution in [1.82, 2.24) is 14.9 Å². The van der Waals surface area contributed by atoms with Crippen LogP contribution in [0.15, 0.2) is 12.4 Å². The lowest BCUT2D eigenvalue weighted by molar-refractivity contribution is 0.0819. The summed E-state index contributed by atoms with van der Waals surface area (Å²) >= 11 is 0. The van der Waals surface area contributed by atoms with E-state index in [9.17, 15) is 5.11 Å². The highest BCUT2D eigenvalue weighted by Crippen LogP contribution is 2.25. The summed E-state index contributed by atoms with van der Waals surface area (Å²) in [7, 11) is 1.92. The van der Waals surface area contributed by atoms with Gasteiger partial charge in [0.1, 0.15) is 11.9 Å². The monoisotopic (exact) mass is 195 g/mol. The molecule has 0 amide bonds. The fourth-order valence-electron chi connectivity index (χ4n) is 2.02. The number of nitrogens with one attached hydrogen (secondary N) is 1. The van der Waals surface area contributed by atoms with Crippen LogP contribution in [0.3, 0.4) is 0 Å². The van der Waals surface area contributed by atoms with Gasteiger partial charge in [-0.1, -0.05) is 0 Å². The van der Waals surface area contributed by atoms with Gasteiger partial charge in [-0.3, -0.25) is 0 Å². The molecule has 0 saturated carbocycles. The predicted molar refractivity (Wildman–Crippen MR) is 53.8 cm³/mol. The van der Waals surface area contributed by atoms with Crippen LogP contribution >= 0.6 is 0 Å². The van der Waals surface area contributed by atoms with E-state index in [0.29, 0.717) is 5.92 Å². The molecule has 1 aromatic heterocycles. The van der Waals surface area contributed by atoms with Crippen LogP contribution in [-0.4, -0.2) is 27.7 Å². The lowest BCUT2D eigenvalue weighted by atomic mass is 9.93. The second kappa shape index (κ2) is 4.11. The highest BCUT2D eigenvalue weighted by atomic mass is 16.3. The van der Waals surface area contributed by atoms with Crippen LogP contribution in [0.2, 0.25) is 0 Å². The molecule has 2 atom stereocenters. The maximum Gasteiger partial charge on any atom is 0.137 e. The van der Waals surface area contributed by atoms with Gasteiger partial charge < -0.3 is 15.0 Å². The summed E-state index contributed by atoms with van der Waals surface area (Å²) in [6, 6.07) is 0. The van der Waals surface area contributed by atoms with Gasteiger partial charge in [0.05, 0.1) is 0 Å². The smallest absolute Gasteiger partial charge is 0.137 e. The van der Waals surface area contributed by atoms with Crippen LogP contribution in [-0.2, 0) is 7.05 Å². The topological polar surface area (TPSA) is 50.1 Å². The molecule has 1 aliphatic heterocycles. The number of rotatable bonds is 2. The van der Waals surface area contributed by atoms with E-state index in [-0.39, 0.29) is 0 Å². The molecule has 4 heteroatoms. The Labute approximate surface area is 84.0 Å². The van der Waals surface area contributed by atoms with Crippen molar-refractivity contribution >= 4 is 0 Å². The summed E-state index contributed by atoms with van der Waals surface area (Å²) in [5.41, 5.74) is 0. The molecule has 1 saturated heterocycles. The van der Waals surface area contributed by atoms with Crippen LogP contribution in [0.5, 0.6) is 0 Å². The lowest BCUT2D eigenvalue weighted by Gasteiger charge is -2.26. The molecular weight excluding hydrogens is 178 g/mol. The van der Waals surface area contributed by atoms with Gasteiger partial charge in [0, 0.05) is 31.9 Å². The largest absolute Gasteiger partial charge is 0.385 e. The highest BCUT2D eigenvalue weighted by Gasteiger charge is 2.25. The Morgan fingerprint density at radius 3 is 3.14 bits per heavy atom. The molecule has 0 unspecified atom stereocenters. The lowest BCUT2D eigenvalue weighted by Crippen LogP contribution is -2.34. The SMILES string of the molecule is Cn1ccnc1[C@H](O)[C@@H]1CCCNC1. The van der Waals surface area contributed by atoms with Gasteiger partial charge in [0.2, 0.25) is 0 Å². The summed E-state index contributed by atoms with van der Waals surface area (Å²) in [6.07, 6.45) is 5.40. The van der Waals surface area contributed by atoms with Crippen molar-refractivity contribution in [3.05, 3.63) is 18.2 Å². The second-order valence-corrected chi connectivity index (χ2v) is 3.95. The quantitative estimate of drug-likeness (QED) is 0.720. The first-order chi connectivity index (χ1) is 6.79. The van der Waals surface area contributed by atoms with E-state index in [2.05, 4.69) is 10.3 Å². The maximum atomic E-state index is 10.1. The molecule has 1 fully saturated rings. The second-order valence-electron chi connectivity index (χ2n) is 3.95. The Hall–Kier alpha value is -0.870. The van der Waals surface area contributed by atoms with E-state index in [1.54, 1.807) is 6.20 Å². The molecule has 0 spiro atoms. The Morgan fingerprint density at radius 1 is 1.71 bits per heavy atom. The van der Waals surface area contributed by atoms with E-state index >= 15 is 0 Å². The zero-order chi connectivity index (χ0) is 9.97. The third-order valence-corrected chi connectivity index (χ3v) is 2.90. The van der Waals surface area contributed by atoms with Crippen molar-refractivity contribution in [1.29, 1.82) is 0 Å². The maximum absolute atomic E-state index is 10.1. The van der Waals surface area contributed by atoms with Gasteiger partial charge in [-0.2, -0.15) is 0 Å². The van der Waals surface area contributed by atoms with Crippen molar-refractivity contribution in [2.75, 3.05) is 13.1 Å². The fraction of sp³-hybridized carbons (Fsp3) is 0.700. The number of hydrogen-bond donors (Lipinski definition) is 2. The molecule has 0 bridgehead atoms. The van der Waals surface area contributed by atoms with Crippen LogP contribution in [0.4, 0.5) is 0 Å². The minimum Gasteiger partial charge on any atom is -0.385 e. The third-order valence-electron chi connectivity index (χ3n) is 2.90. The van der Waals surface area contributed by atoms with Crippen LogP contribution < -0.4 is 5.32 Å². The van der Waals surface area contributed by atoms with Gasteiger partial charge in [0.25, 0.3) is 0 Å². The van der Waals surface area contributed by atoms with Gasteiger partial charge in [-0.25, -0.2) is 4.98 Å². The van der Waals surface area contributed by atoms with E-state index in [0.717, 1.165) is 31.8 Å². The predicted octanol–water partition coefficient (Wildman–Crippen LogP) is 0.453. The van der Waals surface area contributed by atoms with E-state index < -0.39 is 6.10 Å². The summed E-state index contributed by atoms with van der Waals surface area (Å²) in [6.45, 7) is 1.97. The molecule has 78 valence electrons. The number of aryl methyl sites for hydroxylation is 1. The third kappa shape index (κ3) is 1.81. The zero-order valence-corrected chi connectivity index (χ0v) is 8.48. The first-order valence-corrected chi connectivity index (χ1v) is 5.15. The van der Waals surface area contributed by atoms with E-state index in [1.807, 2.05) is 17.8 Å². The average Bonchev–Trinajstić information content (AvgIpc) is 2.65. The van der Waals surface area contributed by atoms with Gasteiger partial charge in [0.15, 0.2) is 0 Å². The Morgan fingerprint density at radius 2 is 2.57 bits per heavy atom. The number of hydrogen-bond acceptors (Lipinski definition) is 3. The summed E-state index contributed by atoms with van der Waals surface area (Å²) < 4.78 is 1.89. The average molecular weight is 195 g/mol. The molecule has 4 nitrogen and oxygen atoms in total. The van der Waals surface area contributed by atoms with Crippen molar-refractivity contribution in [3.8, 4) is 0 Å². The first-order valence-electron chi connectivity index (χ1n) is 5.15. The fourth-order valence-corrected chi connectivity index (χ4v) is 2.02. The van der Waals surface area contributed by atoms with Gasteiger partial charge in [-0.05, 0) is 19.4 Å². The van der Waals surface area contributed by atoms with Crippen LogP contribution in [0.1, 0.15) is 24.8 Å². The molecule has 1 aromatic rings. The normalized spacial score (nSPS) is 24.9. The Balaban J connectivity index is 2.07. The molecule has 1 aliphatic rings. The van der Waals surface area contributed by atoms with Crippen molar-refractivity contribution in [3.63, 3.8) is 0 Å². The number of piperidine rings is 1. The Bertz CT molecular complexity index is 291. The highest BCUT2D eigenvalue weighted by molar-refractivity contribution is 4.98. The van der Waals surface area contributed by atoms with E-state index in [1.165, 1.54) is 0 Å². The van der Waals surface area contributed by atoms with Crippen LogP contribution in [0, 0.1) is 5.92 Å². The number of aromatic nitrogens is 2. The summed E-state index contributed by atoms with van der Waals surface area (Å²) in [4.78, 5) is 4.18. The van der Waals surface area contributed by atoms with Crippen molar-refractivity contribution < 1.29 is 5.11 Å². The number of aliphatic hydroxyl groups is 1. The molecular formula is C10H17N3O. The summed E-state index contributed by atoms with van der Waals surface area (Å²) in [5.74, 6) is 1.09. The van der Waals surface area contributed by atoms with Crippen molar-refractivity contribution in [2.24, 2.45) is 13.0 Å². The van der Waals surface area contributed by atoms with E-state index in [4.69, 9.17) is 0 Å². The first kappa shape index (κ1) is 9.68. The number of nitrogens with zero attached hydrogens (tertiary/aromatic N) is 2. The van der Waals surface area contributed by atoms with Gasteiger partial charge >= 0.3 is 0 Å². The minimum absolute atomic E-state index is 0.310. The summed E-state index contributed by atoms with van der Waals surface area (Å²) in [5, 5.41) is 13.4. The van der Waals surface area contributed by atoms with Crippen molar-refractivity contribution in [2.45, 2.75) is 18.9 Å².